The number of hydrogen-bond donors (Lipinski definition) is 0. The molecule has 0 amide bonds. The van der Waals surface area contributed by atoms with Gasteiger partial charge in [0, 0.05) is 18.0 Å². The number of carbonyl (C=O) groups is 1. The van der Waals surface area contributed by atoms with Gasteiger partial charge in [-0.15, -0.1) is 0 Å². The van der Waals surface area contributed by atoms with E-state index >= 15 is 0 Å². The van der Waals surface area contributed by atoms with E-state index in [0.29, 0.717) is 12.2 Å². The number of pyridine rings is 1. The van der Waals surface area contributed by atoms with Gasteiger partial charge in [0.1, 0.15) is 5.56 Å². The van der Waals surface area contributed by atoms with Gasteiger partial charge in [-0.3, -0.25) is 9.67 Å². The molecular formula is C15H19N3O2. The van der Waals surface area contributed by atoms with E-state index in [1.54, 1.807) is 25.5 Å². The number of aromatic nitrogens is 3. The van der Waals surface area contributed by atoms with E-state index in [2.05, 4.69) is 10.1 Å². The Morgan fingerprint density at radius 3 is 2.50 bits per heavy atom. The van der Waals surface area contributed by atoms with Crippen molar-refractivity contribution in [1.82, 2.24) is 14.8 Å². The molecule has 0 radical (unpaired) electrons. The first-order valence-corrected chi connectivity index (χ1v) is 6.61. The van der Waals surface area contributed by atoms with E-state index in [-0.39, 0.29) is 11.5 Å². The maximum Gasteiger partial charge on any atom is 0.341 e. The summed E-state index contributed by atoms with van der Waals surface area (Å²) in [4.78, 5) is 16.1. The molecular weight excluding hydrogens is 254 g/mol. The van der Waals surface area contributed by atoms with E-state index < -0.39 is 0 Å². The smallest absolute Gasteiger partial charge is 0.341 e. The fraction of sp³-hybridized carbons (Fsp3) is 0.400. The second-order valence-corrected chi connectivity index (χ2v) is 5.45. The summed E-state index contributed by atoms with van der Waals surface area (Å²) < 4.78 is 6.95. The van der Waals surface area contributed by atoms with E-state index in [1.807, 2.05) is 37.6 Å². The molecule has 0 atom stereocenters. The molecule has 0 unspecified atom stereocenters. The Morgan fingerprint density at radius 1 is 1.30 bits per heavy atom. The highest BCUT2D eigenvalue weighted by Crippen LogP contribution is 2.28. The van der Waals surface area contributed by atoms with E-state index in [1.165, 1.54) is 0 Å². The van der Waals surface area contributed by atoms with Gasteiger partial charge in [0.25, 0.3) is 0 Å². The summed E-state index contributed by atoms with van der Waals surface area (Å²) in [6.45, 7) is 8.26. The van der Waals surface area contributed by atoms with E-state index in [4.69, 9.17) is 4.74 Å². The lowest BCUT2D eigenvalue weighted by molar-refractivity contribution is 0.0527. The summed E-state index contributed by atoms with van der Waals surface area (Å²) in [5, 5.41) is 4.36. The Hall–Kier alpha value is -2.17. The molecule has 2 aromatic rings. The molecule has 0 N–H and O–H groups in total. The minimum Gasteiger partial charge on any atom is -0.462 e. The normalized spacial score (nSPS) is 11.4. The summed E-state index contributed by atoms with van der Waals surface area (Å²) in [7, 11) is 0. The molecule has 0 aliphatic rings. The maximum absolute atomic E-state index is 12.1. The Kier molecular flexibility index (Phi) is 3.88. The summed E-state index contributed by atoms with van der Waals surface area (Å²) >= 11 is 0. The molecule has 2 aromatic heterocycles. The van der Waals surface area contributed by atoms with Crippen LogP contribution in [-0.4, -0.2) is 27.3 Å². The number of hydrogen-bond acceptors (Lipinski definition) is 4. The average molecular weight is 273 g/mol. The number of carbonyl (C=O) groups excluding carboxylic acids is 1. The van der Waals surface area contributed by atoms with Gasteiger partial charge in [-0.1, -0.05) is 0 Å². The van der Waals surface area contributed by atoms with Crippen molar-refractivity contribution < 1.29 is 9.53 Å². The highest BCUT2D eigenvalue weighted by atomic mass is 16.5. The zero-order valence-corrected chi connectivity index (χ0v) is 12.3. The SMILES string of the molecule is CCOC(=O)c1cnn(C(C)(C)C)c1-c1ccncc1. The van der Waals surface area contributed by atoms with Crippen molar-refractivity contribution in [3.8, 4) is 11.3 Å². The minimum atomic E-state index is -0.352. The van der Waals surface area contributed by atoms with E-state index in [9.17, 15) is 4.79 Å². The van der Waals surface area contributed by atoms with Crippen LogP contribution in [0.5, 0.6) is 0 Å². The Bertz CT molecular complexity index is 597. The van der Waals surface area contributed by atoms with Crippen molar-refractivity contribution in [3.63, 3.8) is 0 Å². The van der Waals surface area contributed by atoms with Gasteiger partial charge in [-0.2, -0.15) is 5.10 Å². The molecule has 0 aliphatic heterocycles. The molecule has 0 spiro atoms. The summed E-state index contributed by atoms with van der Waals surface area (Å²) in [5.41, 5.74) is 1.91. The number of rotatable bonds is 3. The molecule has 5 heteroatoms. The van der Waals surface area contributed by atoms with Crippen molar-refractivity contribution in [2.45, 2.75) is 33.2 Å². The monoisotopic (exact) mass is 273 g/mol. The van der Waals surface area contributed by atoms with Gasteiger partial charge in [-0.05, 0) is 39.8 Å². The molecule has 2 rings (SSSR count). The molecule has 2 heterocycles. The first-order chi connectivity index (χ1) is 9.45. The van der Waals surface area contributed by atoms with Crippen LogP contribution < -0.4 is 0 Å². The highest BCUT2D eigenvalue weighted by Gasteiger charge is 2.25. The van der Waals surface area contributed by atoms with Gasteiger partial charge in [0.2, 0.25) is 0 Å². The molecule has 106 valence electrons. The van der Waals surface area contributed by atoms with Crippen molar-refractivity contribution >= 4 is 5.97 Å². The largest absolute Gasteiger partial charge is 0.462 e. The van der Waals surface area contributed by atoms with Crippen molar-refractivity contribution in [1.29, 1.82) is 0 Å². The summed E-state index contributed by atoms with van der Waals surface area (Å²) in [6, 6.07) is 3.73. The summed E-state index contributed by atoms with van der Waals surface area (Å²) in [5.74, 6) is -0.352. The lowest BCUT2D eigenvalue weighted by atomic mass is 10.0. The molecule has 0 saturated carbocycles. The second-order valence-electron chi connectivity index (χ2n) is 5.45. The zero-order valence-electron chi connectivity index (χ0n) is 12.3. The first kappa shape index (κ1) is 14.2. The molecule has 5 nitrogen and oxygen atoms in total. The average Bonchev–Trinajstić information content (AvgIpc) is 2.84. The fourth-order valence-electron chi connectivity index (χ4n) is 2.00. The zero-order chi connectivity index (χ0) is 14.8. The second kappa shape index (κ2) is 5.45. The van der Waals surface area contributed by atoms with Crippen molar-refractivity contribution in [3.05, 3.63) is 36.3 Å². The van der Waals surface area contributed by atoms with Crippen molar-refractivity contribution in [2.24, 2.45) is 0 Å². The lowest BCUT2D eigenvalue weighted by Gasteiger charge is -2.23. The van der Waals surface area contributed by atoms with Gasteiger partial charge in [0.05, 0.1) is 24.0 Å². The van der Waals surface area contributed by atoms with Crippen LogP contribution in [-0.2, 0) is 10.3 Å². The third-order valence-electron chi connectivity index (χ3n) is 2.85. The molecule has 0 fully saturated rings. The topological polar surface area (TPSA) is 57.0 Å². The van der Waals surface area contributed by atoms with Crippen LogP contribution in [0.1, 0.15) is 38.1 Å². The number of ether oxygens (including phenoxy) is 1. The first-order valence-electron chi connectivity index (χ1n) is 6.61. The van der Waals surface area contributed by atoms with E-state index in [0.717, 1.165) is 11.3 Å². The van der Waals surface area contributed by atoms with Crippen LogP contribution in [0.15, 0.2) is 30.7 Å². The summed E-state index contributed by atoms with van der Waals surface area (Å²) in [6.07, 6.45) is 4.97. The fourth-order valence-corrected chi connectivity index (χ4v) is 2.00. The predicted octanol–water partition coefficient (Wildman–Crippen LogP) is 2.88. The van der Waals surface area contributed by atoms with Gasteiger partial charge >= 0.3 is 5.97 Å². The number of esters is 1. The highest BCUT2D eigenvalue weighted by molar-refractivity contribution is 5.96. The minimum absolute atomic E-state index is 0.233. The van der Waals surface area contributed by atoms with Crippen LogP contribution in [0.25, 0.3) is 11.3 Å². The van der Waals surface area contributed by atoms with Gasteiger partial charge in [-0.25, -0.2) is 4.79 Å². The standard InChI is InChI=1S/C15H19N3O2/c1-5-20-14(19)12-10-17-18(15(2,3)4)13(12)11-6-8-16-9-7-11/h6-10H,5H2,1-4H3. The number of nitrogens with zero attached hydrogens (tertiary/aromatic N) is 3. The van der Waals surface area contributed by atoms with Crippen LogP contribution in [0.3, 0.4) is 0 Å². The van der Waals surface area contributed by atoms with Gasteiger partial charge in [0.15, 0.2) is 0 Å². The predicted molar refractivity (Wildman–Crippen MR) is 76.4 cm³/mol. The third-order valence-corrected chi connectivity index (χ3v) is 2.85. The maximum atomic E-state index is 12.1. The molecule has 0 saturated heterocycles. The molecule has 0 aromatic carbocycles. The molecule has 20 heavy (non-hydrogen) atoms. The molecule has 0 bridgehead atoms. The Morgan fingerprint density at radius 2 is 1.95 bits per heavy atom. The Balaban J connectivity index is 2.61. The lowest BCUT2D eigenvalue weighted by Crippen LogP contribution is -2.24. The molecule has 0 aliphatic carbocycles. The Labute approximate surface area is 118 Å². The quantitative estimate of drug-likeness (QED) is 0.807. The third kappa shape index (κ3) is 2.71. The van der Waals surface area contributed by atoms with Crippen LogP contribution >= 0.6 is 0 Å². The van der Waals surface area contributed by atoms with Gasteiger partial charge < -0.3 is 4.74 Å². The van der Waals surface area contributed by atoms with Crippen LogP contribution in [0.2, 0.25) is 0 Å². The van der Waals surface area contributed by atoms with Crippen molar-refractivity contribution in [2.75, 3.05) is 6.61 Å². The van der Waals surface area contributed by atoms with Crippen LogP contribution in [0, 0.1) is 0 Å². The van der Waals surface area contributed by atoms with Crippen LogP contribution in [0.4, 0.5) is 0 Å².